The molecule has 0 radical (unpaired) electrons. The monoisotopic (exact) mass is 212 g/mol. The molecule has 0 aromatic carbocycles. The molecule has 0 aliphatic heterocycles. The Labute approximate surface area is 86.7 Å². The van der Waals surface area contributed by atoms with Crippen LogP contribution in [0.25, 0.3) is 0 Å². The van der Waals surface area contributed by atoms with Gasteiger partial charge in [-0.15, -0.1) is 0 Å². The number of nitrogens with zero attached hydrogens (tertiary/aromatic N) is 2. The normalized spacial score (nSPS) is 9.64. The van der Waals surface area contributed by atoms with Gasteiger partial charge in [0.25, 0.3) is 0 Å². The zero-order chi connectivity index (χ0) is 10.6. The van der Waals surface area contributed by atoms with Crippen molar-refractivity contribution in [1.82, 2.24) is 9.97 Å². The first-order valence-electron chi connectivity index (χ1n) is 4.04. The molecule has 1 aromatic rings. The first-order valence-corrected chi connectivity index (χ1v) is 5.26. The van der Waals surface area contributed by atoms with Gasteiger partial charge in [0.1, 0.15) is 11.6 Å². The number of hydrogen-bond acceptors (Lipinski definition) is 5. The molecule has 0 atom stereocenters. The minimum Gasteiger partial charge on any atom is -0.373 e. The van der Waals surface area contributed by atoms with Crippen LogP contribution in [0.4, 0.5) is 11.6 Å². The molecule has 0 spiro atoms. The highest BCUT2D eigenvalue weighted by Gasteiger charge is 2.03. The Kier molecular flexibility index (Phi) is 3.70. The molecule has 1 amide bonds. The molecule has 0 fully saturated rings. The van der Waals surface area contributed by atoms with Crippen LogP contribution in [0, 0.1) is 0 Å². The lowest BCUT2D eigenvalue weighted by Crippen LogP contribution is -2.09. The Hall–Kier alpha value is -1.30. The lowest BCUT2D eigenvalue weighted by atomic mass is 10.5. The highest BCUT2D eigenvalue weighted by atomic mass is 32.2. The minimum absolute atomic E-state index is 0.141. The van der Waals surface area contributed by atoms with Gasteiger partial charge < -0.3 is 10.6 Å². The molecule has 0 unspecified atom stereocenters. The fourth-order valence-corrected chi connectivity index (χ4v) is 1.27. The van der Waals surface area contributed by atoms with Crippen LogP contribution >= 0.6 is 11.8 Å². The van der Waals surface area contributed by atoms with Gasteiger partial charge >= 0.3 is 0 Å². The molecule has 0 bridgehead atoms. The van der Waals surface area contributed by atoms with E-state index in [0.29, 0.717) is 16.8 Å². The second-order valence-electron chi connectivity index (χ2n) is 2.56. The summed E-state index contributed by atoms with van der Waals surface area (Å²) in [5.41, 5.74) is 0. The highest BCUT2D eigenvalue weighted by Crippen LogP contribution is 2.16. The third-order valence-electron chi connectivity index (χ3n) is 1.45. The lowest BCUT2D eigenvalue weighted by molar-refractivity contribution is -0.114. The quantitative estimate of drug-likeness (QED) is 0.582. The van der Waals surface area contributed by atoms with Crippen molar-refractivity contribution in [2.75, 3.05) is 23.9 Å². The molecule has 76 valence electrons. The summed E-state index contributed by atoms with van der Waals surface area (Å²) in [7, 11) is 1.77. The minimum atomic E-state index is -0.141. The predicted octanol–water partition coefficient (Wildman–Crippen LogP) is 1.20. The predicted molar refractivity (Wildman–Crippen MR) is 57.7 cm³/mol. The van der Waals surface area contributed by atoms with Crippen molar-refractivity contribution in [2.24, 2.45) is 0 Å². The Morgan fingerprint density at radius 3 is 2.57 bits per heavy atom. The van der Waals surface area contributed by atoms with Crippen LogP contribution in [0.2, 0.25) is 0 Å². The van der Waals surface area contributed by atoms with Gasteiger partial charge in [0.05, 0.1) is 0 Å². The zero-order valence-corrected chi connectivity index (χ0v) is 9.10. The summed E-state index contributed by atoms with van der Waals surface area (Å²) in [6.45, 7) is 1.44. The Balaban J connectivity index is 2.98. The maximum atomic E-state index is 10.8. The summed E-state index contributed by atoms with van der Waals surface area (Å²) in [5, 5.41) is 6.14. The maximum Gasteiger partial charge on any atom is 0.222 e. The third kappa shape index (κ3) is 2.88. The zero-order valence-electron chi connectivity index (χ0n) is 8.29. The van der Waals surface area contributed by atoms with Gasteiger partial charge in [-0.1, -0.05) is 11.8 Å². The van der Waals surface area contributed by atoms with E-state index in [1.165, 1.54) is 18.7 Å². The van der Waals surface area contributed by atoms with Gasteiger partial charge in [-0.2, -0.15) is 0 Å². The molecular formula is C8H12N4OS. The van der Waals surface area contributed by atoms with Gasteiger partial charge in [-0.25, -0.2) is 9.97 Å². The fourth-order valence-electron chi connectivity index (χ4n) is 0.889. The van der Waals surface area contributed by atoms with Crippen LogP contribution in [-0.4, -0.2) is 29.2 Å². The van der Waals surface area contributed by atoms with E-state index in [2.05, 4.69) is 20.6 Å². The van der Waals surface area contributed by atoms with Gasteiger partial charge in [0.15, 0.2) is 5.16 Å². The third-order valence-corrected chi connectivity index (χ3v) is 2.00. The van der Waals surface area contributed by atoms with Crippen molar-refractivity contribution in [3.63, 3.8) is 0 Å². The molecule has 6 heteroatoms. The number of carbonyl (C=O) groups excluding carboxylic acids is 1. The molecule has 0 saturated heterocycles. The molecule has 0 saturated carbocycles. The van der Waals surface area contributed by atoms with Crippen LogP contribution in [0.5, 0.6) is 0 Å². The number of hydrogen-bond donors (Lipinski definition) is 2. The molecular weight excluding hydrogens is 200 g/mol. The Bertz CT molecular complexity index is 320. The summed E-state index contributed by atoms with van der Waals surface area (Å²) in [6, 6.07) is 1.68. The first kappa shape index (κ1) is 10.8. The lowest BCUT2D eigenvalue weighted by Gasteiger charge is -2.05. The molecule has 0 aliphatic carbocycles. The average Bonchev–Trinajstić information content (AvgIpc) is 2.16. The molecule has 5 nitrogen and oxygen atoms in total. The maximum absolute atomic E-state index is 10.8. The Morgan fingerprint density at radius 1 is 1.43 bits per heavy atom. The number of rotatable bonds is 3. The van der Waals surface area contributed by atoms with E-state index in [-0.39, 0.29) is 5.91 Å². The van der Waals surface area contributed by atoms with Crippen LogP contribution in [0.15, 0.2) is 11.2 Å². The number of carbonyl (C=O) groups is 1. The number of aromatic nitrogens is 2. The van der Waals surface area contributed by atoms with Crippen molar-refractivity contribution >= 4 is 29.3 Å². The molecule has 14 heavy (non-hydrogen) atoms. The summed E-state index contributed by atoms with van der Waals surface area (Å²) < 4.78 is 0. The van der Waals surface area contributed by atoms with Crippen LogP contribution in [0.1, 0.15) is 6.92 Å². The number of thioether (sulfide) groups is 1. The van der Waals surface area contributed by atoms with Crippen LogP contribution in [-0.2, 0) is 4.79 Å². The Morgan fingerprint density at radius 2 is 2.07 bits per heavy atom. The summed E-state index contributed by atoms with van der Waals surface area (Å²) >= 11 is 1.43. The average molecular weight is 212 g/mol. The molecule has 2 N–H and O–H groups in total. The van der Waals surface area contributed by atoms with E-state index in [0.717, 1.165) is 0 Å². The first-order chi connectivity index (χ1) is 6.65. The van der Waals surface area contributed by atoms with E-state index in [1.807, 2.05) is 6.26 Å². The van der Waals surface area contributed by atoms with Crippen molar-refractivity contribution < 1.29 is 4.79 Å². The number of amides is 1. The van der Waals surface area contributed by atoms with E-state index in [4.69, 9.17) is 0 Å². The molecule has 1 rings (SSSR count). The highest BCUT2D eigenvalue weighted by molar-refractivity contribution is 7.98. The van der Waals surface area contributed by atoms with Crippen LogP contribution < -0.4 is 10.6 Å². The largest absolute Gasteiger partial charge is 0.373 e. The standard InChI is InChI=1S/C8H12N4OS/c1-5(13)10-7-4-6(9-2)11-8(12-7)14-3/h4H,1-3H3,(H2,9,10,11,12,13). The van der Waals surface area contributed by atoms with Crippen LogP contribution in [0.3, 0.4) is 0 Å². The van der Waals surface area contributed by atoms with E-state index in [1.54, 1.807) is 13.1 Å². The van der Waals surface area contributed by atoms with Gasteiger partial charge in [0.2, 0.25) is 5.91 Å². The van der Waals surface area contributed by atoms with Crippen molar-refractivity contribution in [2.45, 2.75) is 12.1 Å². The van der Waals surface area contributed by atoms with Crippen molar-refractivity contribution in [1.29, 1.82) is 0 Å². The second-order valence-corrected chi connectivity index (χ2v) is 3.33. The summed E-state index contributed by atoms with van der Waals surface area (Å²) in [5.74, 6) is 1.06. The van der Waals surface area contributed by atoms with Crippen molar-refractivity contribution in [3.8, 4) is 0 Å². The van der Waals surface area contributed by atoms with E-state index >= 15 is 0 Å². The second kappa shape index (κ2) is 4.80. The number of anilines is 2. The van der Waals surface area contributed by atoms with Gasteiger partial charge in [-0.3, -0.25) is 4.79 Å². The SMILES string of the molecule is CNc1cc(NC(C)=O)nc(SC)n1. The molecule has 1 aromatic heterocycles. The summed E-state index contributed by atoms with van der Waals surface area (Å²) in [4.78, 5) is 19.1. The van der Waals surface area contributed by atoms with E-state index in [9.17, 15) is 4.79 Å². The van der Waals surface area contributed by atoms with Gasteiger partial charge in [0, 0.05) is 20.0 Å². The fraction of sp³-hybridized carbons (Fsp3) is 0.375. The number of nitrogens with one attached hydrogen (secondary N) is 2. The van der Waals surface area contributed by atoms with E-state index < -0.39 is 0 Å². The summed E-state index contributed by atoms with van der Waals surface area (Å²) in [6.07, 6.45) is 1.88. The van der Waals surface area contributed by atoms with Gasteiger partial charge in [-0.05, 0) is 6.26 Å². The topological polar surface area (TPSA) is 66.9 Å². The molecule has 0 aliphatic rings. The molecule has 1 heterocycles. The smallest absolute Gasteiger partial charge is 0.222 e. The van der Waals surface area contributed by atoms with Crippen molar-refractivity contribution in [3.05, 3.63) is 6.07 Å².